The van der Waals surface area contributed by atoms with E-state index in [-0.39, 0.29) is 172 Å². The first-order valence-corrected chi connectivity index (χ1v) is 34.1. The normalized spacial score (nSPS) is 9.45. The van der Waals surface area contributed by atoms with Crippen molar-refractivity contribution in [1.82, 2.24) is 39.9 Å². The molecule has 37 nitrogen and oxygen atoms in total. The minimum atomic E-state index is -1.82. The molecule has 698 valence electrons. The predicted octanol–water partition coefficient (Wildman–Crippen LogP) is 12.7. The van der Waals surface area contributed by atoms with Gasteiger partial charge in [-0.2, -0.15) is 0 Å². The first kappa shape index (κ1) is 143. The molecule has 2 aliphatic rings. The Hall–Kier alpha value is -12.4. The van der Waals surface area contributed by atoms with Gasteiger partial charge in [-0.25, -0.2) is 33.9 Å². The number of carbonyl (C=O) groups is 7. The van der Waals surface area contributed by atoms with Gasteiger partial charge in [-0.3, -0.25) is 19.6 Å². The molecule has 6 radical (unpaired) electrons. The maximum Gasteiger partial charge on any atom is 2.00 e. The summed E-state index contributed by atoms with van der Waals surface area (Å²) in [6, 6.07) is 45.9. The van der Waals surface area contributed by atoms with Gasteiger partial charge in [0.05, 0.1) is 103 Å². The van der Waals surface area contributed by atoms with E-state index in [1.54, 1.807) is 69.6 Å². The third-order valence-corrected chi connectivity index (χ3v) is 12.9. The fourth-order valence-electron chi connectivity index (χ4n) is 8.74. The minimum absolute atomic E-state index is 0. The fourth-order valence-corrected chi connectivity index (χ4v) is 8.74. The molecule has 130 heavy (non-hydrogen) atoms. The molecule has 3 aromatic heterocycles. The van der Waals surface area contributed by atoms with E-state index in [0.29, 0.717) is 89.9 Å². The zero-order valence-electron chi connectivity index (χ0n) is 69.6. The monoisotopic (exact) mass is 2140 g/mol. The Morgan fingerprint density at radius 2 is 0.523 bits per heavy atom. The molecule has 0 amide bonds. The number of allylic oxidation sites excluding steroid dienone is 7. The topological polar surface area (TPSA) is 619 Å². The number of aliphatic imine (C=N–C) groups is 2. The third kappa shape index (κ3) is 59.6. The first-order chi connectivity index (χ1) is 59.0. The van der Waals surface area contributed by atoms with Crippen molar-refractivity contribution in [2.24, 2.45) is 9.98 Å². The molecule has 0 unspecified atom stereocenters. The molecule has 0 saturated carbocycles. The number of rotatable bonds is 13. The molecule has 0 aliphatic carbocycles. The first-order valence-electron chi connectivity index (χ1n) is 34.1. The van der Waals surface area contributed by atoms with Crippen molar-refractivity contribution in [3.05, 3.63) is 269 Å². The molecule has 5 heterocycles. The van der Waals surface area contributed by atoms with Gasteiger partial charge in [-0.15, -0.1) is 0 Å². The van der Waals surface area contributed by atoms with E-state index in [4.69, 9.17) is 122 Å². The molecule has 0 atom stereocenters. The van der Waals surface area contributed by atoms with Crippen LogP contribution in [0.4, 0.5) is 0 Å². The van der Waals surface area contributed by atoms with Crippen LogP contribution in [0.3, 0.4) is 0 Å². The molecule has 6 aromatic carbocycles. The van der Waals surface area contributed by atoms with E-state index in [0.717, 1.165) is 62.0 Å². The Morgan fingerprint density at radius 1 is 0.331 bits per heavy atom. The summed E-state index contributed by atoms with van der Waals surface area (Å²) >= 11 is 0. The molecule has 11 rings (SSSR count). The number of para-hydroxylation sites is 2. The van der Waals surface area contributed by atoms with Crippen LogP contribution in [-0.4, -0.2) is 163 Å². The van der Waals surface area contributed by atoms with Crippen molar-refractivity contribution in [3.63, 3.8) is 0 Å². The predicted molar refractivity (Wildman–Crippen MR) is 435 cm³/mol. The Bertz CT molecular complexity index is 4920. The van der Waals surface area contributed by atoms with Crippen LogP contribution >= 0.6 is 0 Å². The van der Waals surface area contributed by atoms with Gasteiger partial charge >= 0.3 is 137 Å². The quantitative estimate of drug-likeness (QED) is 0.00494. The van der Waals surface area contributed by atoms with Crippen LogP contribution in [0.15, 0.2) is 215 Å². The van der Waals surface area contributed by atoms with Crippen LogP contribution in [-0.2, 0) is 205 Å². The van der Waals surface area contributed by atoms with Crippen molar-refractivity contribution in [3.8, 4) is 57.1 Å². The number of carbonyl (C=O) groups excluding carboxylic acids is 5. The largest absolute Gasteiger partial charge is 2.00 e. The number of ketones is 2. The zero-order valence-corrected chi connectivity index (χ0v) is 77.6. The van der Waals surface area contributed by atoms with Gasteiger partial charge in [-0.05, 0) is 115 Å². The molecule has 8 bridgehead atoms. The number of carboxylic acid groups (broad SMARTS) is 2. The number of carboxylic acids is 2. The number of aliphatic hydroxyl groups is 5. The fraction of sp³-hybridized carbons (Fsp3) is 0.174. The van der Waals surface area contributed by atoms with E-state index in [9.17, 15) is 34.2 Å². The van der Waals surface area contributed by atoms with E-state index >= 15 is 0 Å². The Morgan fingerprint density at radius 3 is 0.692 bits per heavy atom. The average molecular weight is 2140 g/mol. The molecule has 9 N–H and O–H groups in total. The number of nitrogens with zero attached hydrogens (tertiary/aromatic N) is 10. The van der Waals surface area contributed by atoms with Crippen molar-refractivity contribution < 1.29 is 251 Å². The number of aliphatic hydroxyl groups excluding tert-OH is 5. The van der Waals surface area contributed by atoms with Crippen molar-refractivity contribution >= 4 is 98.0 Å². The number of aliphatic carboxylic acids is 2. The third-order valence-electron chi connectivity index (χ3n) is 12.9. The van der Waals surface area contributed by atoms with Crippen LogP contribution in [0, 0.1) is 53.2 Å². The van der Waals surface area contributed by atoms with Crippen LogP contribution in [0.5, 0.6) is 11.5 Å². The number of benzene rings is 6. The summed E-state index contributed by atoms with van der Waals surface area (Å²) in [6.45, 7) is 53.1. The average Bonchev–Trinajstić information content (AvgIpc) is 1.60. The summed E-state index contributed by atoms with van der Waals surface area (Å²) in [4.78, 5) is 117. The second kappa shape index (κ2) is 88.6. The Balaban J connectivity index is -0.000000133. The maximum absolute atomic E-state index is 10.4. The zero-order chi connectivity index (χ0) is 95.1. The van der Waals surface area contributed by atoms with Crippen LogP contribution < -0.4 is 9.97 Å². The molecule has 9 aromatic rings. The summed E-state index contributed by atoms with van der Waals surface area (Å²) in [5.41, 5.74) is 7.17. The van der Waals surface area contributed by atoms with Crippen LogP contribution in [0.25, 0.3) is 89.7 Å². The number of aromatic nitrogens is 8. The SMILES string of the molecule is CC(=O)C=C(C)O.CC(=O)C=C(C)O.CCOC(=O)C=C(C)O.CCOC(=O)C=C(C)O.CCOC(=O)C=C(C)O.O=C(O)C(=O)O.Oc1ccccc1C=NCCN=Cc1ccccc1O.[C-]#[O+].[C-]#[O+].[C-]#[O+].[C-]#[O+].[C-]#[O+].[C-]#[O+].[C-]#[O+].[C-]#[O+].[Co+2].[Co].[Co].[Co].[Co].[Co].[Ru].c1ccc2c(c1)-c1nc-2nc2[n-]c(nc3nc(nc4[n-]c(n1)c1ccccc41)-c1ccccc1-3)c1ccccc21. The minimum Gasteiger partial charge on any atom is -0.357 e. The maximum atomic E-state index is 10.4. The number of ether oxygens (including phenoxy) is 3. The second-order valence-electron chi connectivity index (χ2n) is 21.9. The number of fused-ring (bicyclic) bond motifs is 20. The summed E-state index contributed by atoms with van der Waals surface area (Å²) < 4.78 is 73.4. The van der Waals surface area contributed by atoms with E-state index in [1.807, 2.05) is 109 Å². The Kier molecular flexibility index (Phi) is 97.7. The van der Waals surface area contributed by atoms with E-state index < -0.39 is 29.8 Å². The molecular formula is C86H80Co6N10O27Ru. The van der Waals surface area contributed by atoms with Gasteiger partial charge in [0.15, 0.2) is 11.6 Å². The van der Waals surface area contributed by atoms with Gasteiger partial charge in [0.25, 0.3) is 0 Å². The van der Waals surface area contributed by atoms with E-state index in [2.05, 4.69) is 77.4 Å². The molecule has 0 fully saturated rings. The van der Waals surface area contributed by atoms with Gasteiger partial charge < -0.3 is 90.1 Å². The second-order valence-corrected chi connectivity index (χ2v) is 21.9. The molecule has 2 aliphatic heterocycles. The summed E-state index contributed by atoms with van der Waals surface area (Å²) in [5, 5.41) is 79.7. The summed E-state index contributed by atoms with van der Waals surface area (Å²) in [7, 11) is 0. The summed E-state index contributed by atoms with van der Waals surface area (Å²) in [6.07, 6.45) is 8.69. The Labute approximate surface area is 820 Å². The number of phenols is 2. The molecule has 0 spiro atoms. The van der Waals surface area contributed by atoms with Gasteiger partial charge in [0.1, 0.15) is 11.5 Å². The number of aromatic hydroxyl groups is 2. The number of esters is 3. The smallest absolute Gasteiger partial charge is 0.357 e. The number of hydrogen-bond donors (Lipinski definition) is 9. The van der Waals surface area contributed by atoms with Crippen LogP contribution in [0.1, 0.15) is 80.4 Å². The number of phenolic OH excluding ortho intramolecular Hbond substituents is 2. The van der Waals surface area contributed by atoms with Crippen LogP contribution in [0.2, 0.25) is 0 Å². The van der Waals surface area contributed by atoms with Crippen molar-refractivity contribution in [1.29, 1.82) is 0 Å². The molecular weight excluding hydrogens is 2060 g/mol. The van der Waals surface area contributed by atoms with Gasteiger partial charge in [0, 0.05) is 184 Å². The standard InChI is InChI=1S/C32H16N8.C16H16N2O2.3C6H10O3.2C5H8O2.C2H2O4.8CO.6Co.Ru/c1-2-10-18-17(9-1)25-33-26(18)38-28-21-13-5-6-14-22(21)30(35-28)40-32-24-16-8-7-15-23(24)31(36-32)39-29-20-12-4-3-11-19(20)27(34-29)37-25;19-15-7-3-1-5-13(15)11-17-9-10-18-12-14-6-2-4-8-16(14)20;3*1-3-9-6(8)4-5(2)7;2*1-4(6)3-5(2)7;3-1(4)2(5)6;8*1-2;;;;;;;/h1-16H;1-8,11-12,19-20H,9-10H2;3*4,7H,3H2,1-2H3;2*3,6H,1-2H3;(H,3,4)(H,5,6);;;;;;;;;;;;;;;/q-2;;;;;;;;;;;;;;;;;;;;;+2;. The van der Waals surface area contributed by atoms with Crippen molar-refractivity contribution in [2.75, 3.05) is 32.9 Å². The van der Waals surface area contributed by atoms with Crippen molar-refractivity contribution in [2.45, 2.75) is 69.2 Å². The summed E-state index contributed by atoms with van der Waals surface area (Å²) in [5.74, 6) is -2.74. The molecule has 44 heteroatoms. The van der Waals surface area contributed by atoms with E-state index in [1.165, 1.54) is 60.6 Å². The van der Waals surface area contributed by atoms with Gasteiger partial charge in [0.2, 0.25) is 0 Å². The van der Waals surface area contributed by atoms with Gasteiger partial charge in [-0.1, -0.05) is 121 Å². The molecule has 0 saturated heterocycles. The number of hydrogen-bond acceptors (Lipinski definition) is 25.